The summed E-state index contributed by atoms with van der Waals surface area (Å²) in [6.07, 6.45) is 0. The number of aliphatic hydroxyl groups excluding tert-OH is 1. The van der Waals surface area contributed by atoms with Gasteiger partial charge in [-0.05, 0) is 19.4 Å². The van der Waals surface area contributed by atoms with Gasteiger partial charge in [0.2, 0.25) is 0 Å². The number of carbonyl (C=O) groups excluding carboxylic acids is 3. The Hall–Kier alpha value is -3.78. The fraction of sp³-hybridized carbons (Fsp3) is 0.167. The zero-order valence-corrected chi connectivity index (χ0v) is 18.5. The second-order valence-corrected chi connectivity index (χ2v) is 8.33. The molecule has 1 amide bonds. The third-order valence-corrected chi connectivity index (χ3v) is 6.38. The van der Waals surface area contributed by atoms with Crippen LogP contribution in [-0.4, -0.2) is 34.9 Å². The molecule has 1 aromatic heterocycles. The van der Waals surface area contributed by atoms with Gasteiger partial charge in [-0.1, -0.05) is 71.5 Å². The number of anilines is 1. The van der Waals surface area contributed by atoms with Crippen molar-refractivity contribution >= 4 is 39.9 Å². The molecule has 3 aromatic rings. The first-order valence-corrected chi connectivity index (χ1v) is 10.6. The number of benzene rings is 2. The smallest absolute Gasteiger partial charge is 0.350 e. The van der Waals surface area contributed by atoms with Crippen LogP contribution in [0.3, 0.4) is 0 Å². The van der Waals surface area contributed by atoms with Crippen LogP contribution in [0.2, 0.25) is 0 Å². The molecule has 1 aliphatic rings. The fourth-order valence-electron chi connectivity index (χ4n) is 3.61. The molecule has 0 aliphatic carbocycles. The number of aliphatic hydroxyl groups is 1. The number of rotatable bonds is 4. The molecule has 0 radical (unpaired) electrons. The first kappa shape index (κ1) is 21.5. The second-order valence-electron chi connectivity index (χ2n) is 7.35. The molecule has 0 unspecified atom stereocenters. The Morgan fingerprint density at radius 3 is 2.34 bits per heavy atom. The SMILES string of the molecule is COC(=O)c1sc(N2C(=O)C(=O)C(=C(O)c3ccccc3)[C@@H]2c2ccc(C)cc2)nc1C. The zero-order chi connectivity index (χ0) is 23.0. The number of nitrogens with zero attached hydrogens (tertiary/aromatic N) is 2. The van der Waals surface area contributed by atoms with Crippen LogP contribution in [-0.2, 0) is 14.3 Å². The Labute approximate surface area is 188 Å². The van der Waals surface area contributed by atoms with E-state index < -0.39 is 23.7 Å². The van der Waals surface area contributed by atoms with E-state index in [4.69, 9.17) is 4.74 Å². The molecule has 8 heteroatoms. The van der Waals surface area contributed by atoms with Crippen molar-refractivity contribution in [3.8, 4) is 0 Å². The number of ether oxygens (including phenoxy) is 1. The van der Waals surface area contributed by atoms with Gasteiger partial charge in [0, 0.05) is 5.56 Å². The van der Waals surface area contributed by atoms with E-state index in [9.17, 15) is 19.5 Å². The second kappa shape index (κ2) is 8.39. The summed E-state index contributed by atoms with van der Waals surface area (Å²) in [7, 11) is 1.26. The lowest BCUT2D eigenvalue weighted by Gasteiger charge is -2.23. The summed E-state index contributed by atoms with van der Waals surface area (Å²) in [4.78, 5) is 44.2. The Balaban J connectivity index is 1.93. The predicted octanol–water partition coefficient (Wildman–Crippen LogP) is 4.17. The number of aryl methyl sites for hydroxylation is 2. The van der Waals surface area contributed by atoms with Gasteiger partial charge in [0.1, 0.15) is 10.6 Å². The molecule has 162 valence electrons. The molecule has 1 atom stereocenters. The minimum absolute atomic E-state index is 0.0301. The lowest BCUT2D eigenvalue weighted by molar-refractivity contribution is -0.132. The number of Topliss-reactive ketones (excluding diaryl/α,β-unsaturated/α-hetero) is 1. The van der Waals surface area contributed by atoms with Gasteiger partial charge in [0.05, 0.1) is 24.4 Å². The summed E-state index contributed by atoms with van der Waals surface area (Å²) in [5.74, 6) is -2.47. The lowest BCUT2D eigenvalue weighted by Crippen LogP contribution is -2.29. The van der Waals surface area contributed by atoms with Crippen molar-refractivity contribution in [1.82, 2.24) is 4.98 Å². The molecule has 1 N–H and O–H groups in total. The van der Waals surface area contributed by atoms with Crippen molar-refractivity contribution in [3.63, 3.8) is 0 Å². The molecule has 1 aliphatic heterocycles. The van der Waals surface area contributed by atoms with Crippen molar-refractivity contribution in [2.45, 2.75) is 19.9 Å². The molecule has 1 fully saturated rings. The van der Waals surface area contributed by atoms with Gasteiger partial charge >= 0.3 is 11.9 Å². The molecule has 32 heavy (non-hydrogen) atoms. The van der Waals surface area contributed by atoms with Gasteiger partial charge in [-0.15, -0.1) is 0 Å². The van der Waals surface area contributed by atoms with Gasteiger partial charge < -0.3 is 9.84 Å². The summed E-state index contributed by atoms with van der Waals surface area (Å²) in [6.45, 7) is 3.56. The van der Waals surface area contributed by atoms with E-state index in [0.717, 1.165) is 16.9 Å². The first-order valence-electron chi connectivity index (χ1n) is 9.82. The highest BCUT2D eigenvalue weighted by atomic mass is 32.1. The van der Waals surface area contributed by atoms with Gasteiger partial charge in [-0.25, -0.2) is 9.78 Å². The van der Waals surface area contributed by atoms with Crippen molar-refractivity contribution < 1.29 is 24.2 Å². The van der Waals surface area contributed by atoms with Crippen LogP contribution < -0.4 is 4.90 Å². The van der Waals surface area contributed by atoms with Crippen LogP contribution in [0.5, 0.6) is 0 Å². The van der Waals surface area contributed by atoms with E-state index in [1.54, 1.807) is 49.4 Å². The van der Waals surface area contributed by atoms with E-state index >= 15 is 0 Å². The molecule has 4 rings (SSSR count). The van der Waals surface area contributed by atoms with Crippen molar-refractivity contribution in [1.29, 1.82) is 0 Å². The summed E-state index contributed by atoms with van der Waals surface area (Å²) in [5.41, 5.74) is 2.43. The quantitative estimate of drug-likeness (QED) is 0.278. The van der Waals surface area contributed by atoms with Crippen LogP contribution in [0.4, 0.5) is 5.13 Å². The number of methoxy groups -OCH3 is 1. The lowest BCUT2D eigenvalue weighted by atomic mass is 9.95. The maximum absolute atomic E-state index is 13.1. The molecule has 0 saturated carbocycles. The van der Waals surface area contributed by atoms with Crippen molar-refractivity contribution in [2.75, 3.05) is 12.0 Å². The highest BCUT2D eigenvalue weighted by Gasteiger charge is 2.48. The molecular formula is C24H20N2O5S. The van der Waals surface area contributed by atoms with E-state index in [2.05, 4.69) is 4.98 Å². The number of hydrogen-bond acceptors (Lipinski definition) is 7. The molecule has 2 aromatic carbocycles. The predicted molar refractivity (Wildman–Crippen MR) is 121 cm³/mol. The van der Waals surface area contributed by atoms with Gasteiger partial charge in [0.25, 0.3) is 5.78 Å². The van der Waals surface area contributed by atoms with Gasteiger partial charge in [-0.3, -0.25) is 14.5 Å². The molecule has 1 saturated heterocycles. The summed E-state index contributed by atoms with van der Waals surface area (Å²) in [5, 5.41) is 11.2. The largest absolute Gasteiger partial charge is 0.507 e. The fourth-order valence-corrected chi connectivity index (χ4v) is 4.62. The number of amides is 1. The Morgan fingerprint density at radius 1 is 1.06 bits per heavy atom. The molecule has 0 bridgehead atoms. The monoisotopic (exact) mass is 448 g/mol. The van der Waals surface area contributed by atoms with Crippen LogP contribution >= 0.6 is 11.3 Å². The van der Waals surface area contributed by atoms with Crippen LogP contribution in [0.15, 0.2) is 60.2 Å². The molecular weight excluding hydrogens is 428 g/mol. The Kier molecular flexibility index (Phi) is 5.63. The summed E-state index contributed by atoms with van der Waals surface area (Å²) < 4.78 is 4.79. The van der Waals surface area contributed by atoms with Crippen LogP contribution in [0.25, 0.3) is 5.76 Å². The summed E-state index contributed by atoms with van der Waals surface area (Å²) in [6, 6.07) is 15.0. The number of carbonyl (C=O) groups is 3. The third-order valence-electron chi connectivity index (χ3n) is 5.25. The standard InChI is InChI=1S/C24H20N2O5S/c1-13-9-11-15(12-10-13)18-17(19(27)16-7-5-4-6-8-16)20(28)22(29)26(18)24-25-14(2)21(32-24)23(30)31-3/h4-12,18,27H,1-3H3/t18-/m0/s1. The average molecular weight is 449 g/mol. The Morgan fingerprint density at radius 2 is 1.72 bits per heavy atom. The highest BCUT2D eigenvalue weighted by molar-refractivity contribution is 7.17. The number of esters is 1. The molecule has 7 nitrogen and oxygen atoms in total. The number of aromatic nitrogens is 1. The molecule has 0 spiro atoms. The first-order chi connectivity index (χ1) is 15.3. The Bertz CT molecular complexity index is 1250. The normalized spacial score (nSPS) is 17.6. The van der Waals surface area contributed by atoms with Crippen molar-refractivity contribution in [2.24, 2.45) is 0 Å². The topological polar surface area (TPSA) is 96.8 Å². The minimum Gasteiger partial charge on any atom is -0.507 e. The van der Waals surface area contributed by atoms with E-state index in [1.165, 1.54) is 12.0 Å². The summed E-state index contributed by atoms with van der Waals surface area (Å²) >= 11 is 0.969. The third kappa shape index (κ3) is 3.58. The number of thiazole rings is 1. The number of hydrogen-bond donors (Lipinski definition) is 1. The van der Waals surface area contributed by atoms with Crippen LogP contribution in [0.1, 0.15) is 38.1 Å². The molecule has 2 heterocycles. The maximum atomic E-state index is 13.1. The van der Waals surface area contributed by atoms with Gasteiger partial charge in [0.15, 0.2) is 5.13 Å². The zero-order valence-electron chi connectivity index (χ0n) is 17.7. The van der Waals surface area contributed by atoms with Crippen molar-refractivity contribution in [3.05, 3.63) is 87.4 Å². The average Bonchev–Trinajstić information content (AvgIpc) is 3.31. The maximum Gasteiger partial charge on any atom is 0.350 e. The minimum atomic E-state index is -0.896. The number of ketones is 1. The van der Waals surface area contributed by atoms with E-state index in [0.29, 0.717) is 16.8 Å². The van der Waals surface area contributed by atoms with E-state index in [1.807, 2.05) is 19.1 Å². The highest BCUT2D eigenvalue weighted by Crippen LogP contribution is 2.43. The van der Waals surface area contributed by atoms with Gasteiger partial charge in [-0.2, -0.15) is 0 Å². The van der Waals surface area contributed by atoms with Crippen LogP contribution in [0, 0.1) is 13.8 Å². The van der Waals surface area contributed by atoms with E-state index in [-0.39, 0.29) is 21.3 Å².